The fourth-order valence-corrected chi connectivity index (χ4v) is 2.39. The molecule has 2 rings (SSSR count). The zero-order valence-electron chi connectivity index (χ0n) is 13.5. The van der Waals surface area contributed by atoms with Gasteiger partial charge in [-0.2, -0.15) is 4.98 Å². The summed E-state index contributed by atoms with van der Waals surface area (Å²) >= 11 is 1.35. The van der Waals surface area contributed by atoms with Crippen LogP contribution < -0.4 is 10.6 Å². The van der Waals surface area contributed by atoms with Gasteiger partial charge in [0, 0.05) is 5.41 Å². The molecule has 2 amide bonds. The van der Waals surface area contributed by atoms with Crippen molar-refractivity contribution in [1.82, 2.24) is 25.7 Å². The minimum absolute atomic E-state index is 0.103. The number of aromatic nitrogens is 4. The molecule has 22 heavy (non-hydrogen) atoms. The topological polar surface area (TPSA) is 106 Å². The van der Waals surface area contributed by atoms with Crippen LogP contribution >= 0.6 is 11.3 Å². The van der Waals surface area contributed by atoms with Crippen LogP contribution in [0.4, 0.5) is 9.93 Å². The summed E-state index contributed by atoms with van der Waals surface area (Å²) in [6, 6.07) is -0.405. The summed E-state index contributed by atoms with van der Waals surface area (Å²) in [4.78, 5) is 16.2. The Labute approximate surface area is 132 Å². The number of hydrogen-bond donors (Lipinski definition) is 2. The van der Waals surface area contributed by atoms with Gasteiger partial charge in [0.05, 0.1) is 0 Å². The second-order valence-electron chi connectivity index (χ2n) is 6.51. The fourth-order valence-electron chi connectivity index (χ4n) is 1.59. The molecule has 0 radical (unpaired) electrons. The highest BCUT2D eigenvalue weighted by molar-refractivity contribution is 7.15. The first kappa shape index (κ1) is 16.3. The van der Waals surface area contributed by atoms with Crippen molar-refractivity contribution in [2.75, 3.05) is 5.32 Å². The summed E-state index contributed by atoms with van der Waals surface area (Å²) in [7, 11) is 0. The van der Waals surface area contributed by atoms with Crippen molar-refractivity contribution < 1.29 is 9.32 Å². The molecule has 2 aromatic rings. The number of nitrogens with zero attached hydrogens (tertiary/aromatic N) is 4. The van der Waals surface area contributed by atoms with Crippen LogP contribution in [0.1, 0.15) is 51.3 Å². The van der Waals surface area contributed by atoms with Crippen molar-refractivity contribution in [2.45, 2.75) is 52.5 Å². The molecule has 0 spiro atoms. The maximum absolute atomic E-state index is 12.1. The van der Waals surface area contributed by atoms with Gasteiger partial charge in [-0.25, -0.2) is 4.79 Å². The number of nitrogens with one attached hydrogen (secondary N) is 2. The predicted octanol–water partition coefficient (Wildman–Crippen LogP) is 2.58. The summed E-state index contributed by atoms with van der Waals surface area (Å²) < 4.78 is 5.10. The summed E-state index contributed by atoms with van der Waals surface area (Å²) in [6.45, 7) is 11.4. The molecular formula is C13H20N6O2S. The summed E-state index contributed by atoms with van der Waals surface area (Å²) in [6.07, 6.45) is 0. The molecule has 0 aliphatic heterocycles. The van der Waals surface area contributed by atoms with Gasteiger partial charge in [-0.1, -0.05) is 37.3 Å². The second kappa shape index (κ2) is 5.64. The third-order valence-electron chi connectivity index (χ3n) is 2.78. The number of carbonyl (C=O) groups is 1. The minimum atomic E-state index is -0.789. The van der Waals surface area contributed by atoms with E-state index >= 15 is 0 Å². The molecule has 8 nitrogen and oxygen atoms in total. The lowest BCUT2D eigenvalue weighted by Crippen LogP contribution is -2.43. The van der Waals surface area contributed by atoms with Crippen LogP contribution in [0.25, 0.3) is 0 Å². The Morgan fingerprint density at radius 1 is 1.18 bits per heavy atom. The minimum Gasteiger partial charge on any atom is -0.337 e. The average Bonchev–Trinajstić information content (AvgIpc) is 2.96. The zero-order chi connectivity index (χ0) is 16.5. The zero-order valence-corrected chi connectivity index (χ0v) is 14.3. The quantitative estimate of drug-likeness (QED) is 0.899. The van der Waals surface area contributed by atoms with Gasteiger partial charge in [-0.05, 0) is 20.8 Å². The molecule has 0 saturated carbocycles. The van der Waals surface area contributed by atoms with E-state index in [2.05, 4.69) is 31.0 Å². The molecule has 120 valence electrons. The second-order valence-corrected chi connectivity index (χ2v) is 7.49. The number of rotatable bonds is 3. The van der Waals surface area contributed by atoms with E-state index in [-0.39, 0.29) is 5.41 Å². The summed E-state index contributed by atoms with van der Waals surface area (Å²) in [5.74, 6) is 0.858. The van der Waals surface area contributed by atoms with Crippen molar-refractivity contribution in [1.29, 1.82) is 0 Å². The van der Waals surface area contributed by atoms with Crippen LogP contribution in [0.15, 0.2) is 4.52 Å². The van der Waals surface area contributed by atoms with Crippen LogP contribution in [0.3, 0.4) is 0 Å². The van der Waals surface area contributed by atoms with E-state index in [1.165, 1.54) is 11.3 Å². The first-order valence-corrected chi connectivity index (χ1v) is 7.63. The van der Waals surface area contributed by atoms with E-state index in [1.54, 1.807) is 20.8 Å². The van der Waals surface area contributed by atoms with E-state index < -0.39 is 11.6 Å². The lowest BCUT2D eigenvalue weighted by Gasteiger charge is -2.21. The lowest BCUT2D eigenvalue weighted by atomic mass is 9.98. The van der Waals surface area contributed by atoms with Gasteiger partial charge in [0.15, 0.2) is 5.82 Å². The molecule has 2 aromatic heterocycles. The number of hydrogen-bond acceptors (Lipinski definition) is 7. The highest BCUT2D eigenvalue weighted by Crippen LogP contribution is 2.27. The van der Waals surface area contributed by atoms with Gasteiger partial charge in [0.25, 0.3) is 5.89 Å². The fraction of sp³-hybridized carbons (Fsp3) is 0.615. The third-order valence-corrected chi connectivity index (χ3v) is 4.04. The molecular weight excluding hydrogens is 304 g/mol. The highest BCUT2D eigenvalue weighted by atomic mass is 32.1. The molecule has 0 unspecified atom stereocenters. The summed E-state index contributed by atoms with van der Waals surface area (Å²) in [5.41, 5.74) is -0.891. The summed E-state index contributed by atoms with van der Waals surface area (Å²) in [5, 5.41) is 18.5. The van der Waals surface area contributed by atoms with Crippen molar-refractivity contribution >= 4 is 22.5 Å². The number of anilines is 1. The Morgan fingerprint density at radius 2 is 1.86 bits per heavy atom. The van der Waals surface area contributed by atoms with Crippen LogP contribution in [-0.2, 0) is 11.0 Å². The Morgan fingerprint density at radius 3 is 2.36 bits per heavy atom. The molecule has 9 heteroatoms. The van der Waals surface area contributed by atoms with Crippen LogP contribution in [0.2, 0.25) is 0 Å². The van der Waals surface area contributed by atoms with Crippen molar-refractivity contribution in [2.24, 2.45) is 0 Å². The standard InChI is InChI=1S/C13H20N6O2S/c1-7-14-8(21-19-7)13(5,6)16-10(20)15-11-18-17-9(22-11)12(2,3)4/h1-6H3,(H2,15,16,18,20). The predicted molar refractivity (Wildman–Crippen MR) is 82.8 cm³/mol. The number of urea groups is 1. The molecule has 0 fully saturated rings. The highest BCUT2D eigenvalue weighted by Gasteiger charge is 2.29. The van der Waals surface area contributed by atoms with Crippen molar-refractivity contribution in [3.63, 3.8) is 0 Å². The van der Waals surface area contributed by atoms with Gasteiger partial charge < -0.3 is 9.84 Å². The largest absolute Gasteiger partial charge is 0.337 e. The Bertz CT molecular complexity index is 670. The molecule has 0 atom stereocenters. The third kappa shape index (κ3) is 3.79. The molecule has 0 aromatic carbocycles. The number of carbonyl (C=O) groups excluding carboxylic acids is 1. The monoisotopic (exact) mass is 324 g/mol. The first-order chi connectivity index (χ1) is 10.1. The van der Waals surface area contributed by atoms with Gasteiger partial charge in [-0.3, -0.25) is 5.32 Å². The van der Waals surface area contributed by atoms with E-state index in [9.17, 15) is 4.79 Å². The maximum atomic E-state index is 12.1. The van der Waals surface area contributed by atoms with E-state index in [1.807, 2.05) is 20.8 Å². The lowest BCUT2D eigenvalue weighted by molar-refractivity contribution is 0.228. The normalized spacial score (nSPS) is 12.3. The first-order valence-electron chi connectivity index (χ1n) is 6.82. The van der Waals surface area contributed by atoms with Crippen LogP contribution in [0.5, 0.6) is 0 Å². The van der Waals surface area contributed by atoms with Gasteiger partial charge in [-0.15, -0.1) is 10.2 Å². The smallest absolute Gasteiger partial charge is 0.321 e. The SMILES string of the molecule is Cc1noc(C(C)(C)NC(=O)Nc2nnc(C(C)(C)C)s2)n1. The number of aryl methyl sites for hydroxylation is 1. The molecule has 0 saturated heterocycles. The van der Waals surface area contributed by atoms with Crippen LogP contribution in [-0.4, -0.2) is 26.4 Å². The van der Waals surface area contributed by atoms with Crippen LogP contribution in [0, 0.1) is 6.92 Å². The van der Waals surface area contributed by atoms with E-state index in [0.29, 0.717) is 16.8 Å². The Hall–Kier alpha value is -2.03. The number of amides is 2. The average molecular weight is 324 g/mol. The molecule has 2 N–H and O–H groups in total. The van der Waals surface area contributed by atoms with Gasteiger partial charge in [0.2, 0.25) is 5.13 Å². The van der Waals surface area contributed by atoms with E-state index in [0.717, 1.165) is 5.01 Å². The molecule has 2 heterocycles. The van der Waals surface area contributed by atoms with Gasteiger partial charge in [0.1, 0.15) is 10.5 Å². The molecule has 0 aliphatic carbocycles. The Kier molecular flexibility index (Phi) is 4.19. The maximum Gasteiger partial charge on any atom is 0.321 e. The van der Waals surface area contributed by atoms with E-state index in [4.69, 9.17) is 4.52 Å². The van der Waals surface area contributed by atoms with Crippen molar-refractivity contribution in [3.8, 4) is 0 Å². The van der Waals surface area contributed by atoms with Gasteiger partial charge >= 0.3 is 6.03 Å². The molecule has 0 bridgehead atoms. The Balaban J connectivity index is 2.02. The van der Waals surface area contributed by atoms with Crippen molar-refractivity contribution in [3.05, 3.63) is 16.7 Å². The molecule has 0 aliphatic rings.